The normalized spacial score (nSPS) is 18.5. The van der Waals surface area contributed by atoms with Crippen LogP contribution in [0.5, 0.6) is 0 Å². The Morgan fingerprint density at radius 2 is 1.35 bits per heavy atom. The van der Waals surface area contributed by atoms with Crippen molar-refractivity contribution in [3.63, 3.8) is 0 Å². The van der Waals surface area contributed by atoms with Crippen LogP contribution in [0.1, 0.15) is 101 Å². The van der Waals surface area contributed by atoms with E-state index in [4.69, 9.17) is 4.74 Å². The number of likely N-dealkylation sites (tertiary alicyclic amines) is 2. The molecule has 5 heteroatoms. The van der Waals surface area contributed by atoms with E-state index in [0.717, 1.165) is 37.5 Å². The lowest BCUT2D eigenvalue weighted by atomic mass is 9.87. The Morgan fingerprint density at radius 3 is 1.78 bits per heavy atom. The standard InChI is InChI=1S/C18H39N3.C11H23NO.C3H8/c1-7-21(17(4)5)15-13-19(6)12-14-20-10-8-18(9-11-20)16(2)3;1-4-13-9-11-5-7-12(8-6-11)10(2)3;1-3-2/h16-18H,7-15H2,1-6H3;10-11H,4-9H2,1-3H3;3H2,1-2H3. The minimum Gasteiger partial charge on any atom is -0.381 e. The predicted octanol–water partition coefficient (Wildman–Crippen LogP) is 6.58. The zero-order valence-electron chi connectivity index (χ0n) is 27.4. The van der Waals surface area contributed by atoms with Gasteiger partial charge in [0.05, 0.1) is 0 Å². The minimum absolute atomic E-state index is 0.665. The van der Waals surface area contributed by atoms with Crippen LogP contribution in [0.3, 0.4) is 0 Å². The second-order valence-electron chi connectivity index (χ2n) is 12.4. The van der Waals surface area contributed by atoms with E-state index in [1.165, 1.54) is 84.5 Å². The number of nitrogens with zero attached hydrogens (tertiary/aromatic N) is 4. The maximum Gasteiger partial charge on any atom is 0.0495 e. The number of piperidine rings is 2. The van der Waals surface area contributed by atoms with Crippen LogP contribution in [0.2, 0.25) is 0 Å². The fraction of sp³-hybridized carbons (Fsp3) is 1.00. The largest absolute Gasteiger partial charge is 0.381 e. The van der Waals surface area contributed by atoms with Gasteiger partial charge in [-0.3, -0.25) is 4.90 Å². The molecule has 224 valence electrons. The molecule has 0 N–H and O–H groups in total. The Labute approximate surface area is 234 Å². The molecule has 2 rings (SSSR count). The van der Waals surface area contributed by atoms with Crippen molar-refractivity contribution in [1.82, 2.24) is 19.6 Å². The average Bonchev–Trinajstić information content (AvgIpc) is 2.87. The van der Waals surface area contributed by atoms with Gasteiger partial charge >= 0.3 is 0 Å². The van der Waals surface area contributed by atoms with Gasteiger partial charge in [-0.05, 0) is 118 Å². The summed E-state index contributed by atoms with van der Waals surface area (Å²) in [5.74, 6) is 2.64. The topological polar surface area (TPSA) is 22.2 Å². The first-order chi connectivity index (χ1) is 17.6. The van der Waals surface area contributed by atoms with Crippen LogP contribution in [0, 0.1) is 17.8 Å². The van der Waals surface area contributed by atoms with Gasteiger partial charge in [-0.1, -0.05) is 41.0 Å². The van der Waals surface area contributed by atoms with Gasteiger partial charge in [0, 0.05) is 51.5 Å². The van der Waals surface area contributed by atoms with Gasteiger partial charge < -0.3 is 19.4 Å². The Morgan fingerprint density at radius 1 is 0.784 bits per heavy atom. The molecule has 0 aromatic carbocycles. The molecule has 0 unspecified atom stereocenters. The SMILES string of the molecule is CCC.CCN(CCN(C)CCN1CCC(C(C)C)CC1)C(C)C.CCOCC1CCN(C(C)C)CC1. The third-order valence-electron chi connectivity index (χ3n) is 8.22. The molecule has 0 aromatic heterocycles. The summed E-state index contributed by atoms with van der Waals surface area (Å²) in [5, 5.41) is 0. The van der Waals surface area contributed by atoms with E-state index in [1.54, 1.807) is 0 Å². The molecule has 2 heterocycles. The van der Waals surface area contributed by atoms with Crippen LogP contribution in [0.25, 0.3) is 0 Å². The van der Waals surface area contributed by atoms with Crippen LogP contribution in [-0.4, -0.2) is 111 Å². The van der Waals surface area contributed by atoms with Crippen LogP contribution < -0.4 is 0 Å². The summed E-state index contributed by atoms with van der Waals surface area (Å²) in [5.41, 5.74) is 0. The van der Waals surface area contributed by atoms with Gasteiger partial charge in [-0.25, -0.2) is 0 Å². The summed E-state index contributed by atoms with van der Waals surface area (Å²) in [4.78, 5) is 10.3. The maximum atomic E-state index is 5.45. The zero-order chi connectivity index (χ0) is 28.2. The highest BCUT2D eigenvalue weighted by Gasteiger charge is 2.22. The highest BCUT2D eigenvalue weighted by Crippen LogP contribution is 2.24. The Kier molecular flexibility index (Phi) is 22.5. The Balaban J connectivity index is 0.000000689. The van der Waals surface area contributed by atoms with Crippen molar-refractivity contribution in [3.8, 4) is 0 Å². The first-order valence-electron chi connectivity index (χ1n) is 16.1. The smallest absolute Gasteiger partial charge is 0.0495 e. The molecule has 2 fully saturated rings. The summed E-state index contributed by atoms with van der Waals surface area (Å²) in [7, 11) is 2.27. The van der Waals surface area contributed by atoms with Crippen LogP contribution in [0.15, 0.2) is 0 Å². The van der Waals surface area contributed by atoms with Crippen molar-refractivity contribution in [3.05, 3.63) is 0 Å². The van der Waals surface area contributed by atoms with Crippen molar-refractivity contribution in [2.45, 2.75) is 113 Å². The quantitative estimate of drug-likeness (QED) is 0.270. The van der Waals surface area contributed by atoms with Gasteiger partial charge in [0.1, 0.15) is 0 Å². The van der Waals surface area contributed by atoms with Gasteiger partial charge in [0.15, 0.2) is 0 Å². The van der Waals surface area contributed by atoms with E-state index in [2.05, 4.69) is 95.9 Å². The molecular weight excluding hydrogens is 456 g/mol. The second-order valence-corrected chi connectivity index (χ2v) is 12.4. The van der Waals surface area contributed by atoms with Crippen molar-refractivity contribution in [1.29, 1.82) is 0 Å². The summed E-state index contributed by atoms with van der Waals surface area (Å²) in [6.45, 7) is 35.5. The Bertz CT molecular complexity index is 483. The minimum atomic E-state index is 0.665. The molecule has 0 saturated carbocycles. The fourth-order valence-corrected chi connectivity index (χ4v) is 5.27. The maximum absolute atomic E-state index is 5.45. The number of likely N-dealkylation sites (N-methyl/N-ethyl adjacent to an activating group) is 2. The number of ether oxygens (including phenoxy) is 1. The molecule has 0 aromatic rings. The second kappa shape index (κ2) is 22.6. The average molecular weight is 527 g/mol. The third kappa shape index (κ3) is 17.9. The van der Waals surface area contributed by atoms with Crippen LogP contribution in [0.4, 0.5) is 0 Å². The summed E-state index contributed by atoms with van der Waals surface area (Å²) in [6, 6.07) is 1.38. The van der Waals surface area contributed by atoms with E-state index >= 15 is 0 Å². The number of rotatable bonds is 13. The first kappa shape index (κ1) is 36.8. The zero-order valence-corrected chi connectivity index (χ0v) is 27.4. The lowest BCUT2D eigenvalue weighted by Crippen LogP contribution is -2.42. The highest BCUT2D eigenvalue weighted by atomic mass is 16.5. The molecule has 0 amide bonds. The third-order valence-corrected chi connectivity index (χ3v) is 8.22. The lowest BCUT2D eigenvalue weighted by molar-refractivity contribution is 0.0659. The summed E-state index contributed by atoms with van der Waals surface area (Å²) < 4.78 is 5.45. The molecule has 2 saturated heterocycles. The molecule has 5 nitrogen and oxygen atoms in total. The van der Waals surface area contributed by atoms with E-state index < -0.39 is 0 Å². The monoisotopic (exact) mass is 527 g/mol. The molecule has 2 aliphatic rings. The van der Waals surface area contributed by atoms with Crippen molar-refractivity contribution in [2.24, 2.45) is 17.8 Å². The van der Waals surface area contributed by atoms with Crippen molar-refractivity contribution < 1.29 is 4.74 Å². The molecule has 0 radical (unpaired) electrons. The Hall–Kier alpha value is -0.200. The predicted molar refractivity (Wildman–Crippen MR) is 166 cm³/mol. The highest BCUT2D eigenvalue weighted by molar-refractivity contribution is 4.75. The number of hydrogen-bond donors (Lipinski definition) is 0. The number of hydrogen-bond acceptors (Lipinski definition) is 5. The van der Waals surface area contributed by atoms with Gasteiger partial charge in [-0.2, -0.15) is 0 Å². The van der Waals surface area contributed by atoms with Crippen molar-refractivity contribution in [2.75, 3.05) is 79.2 Å². The van der Waals surface area contributed by atoms with E-state index in [9.17, 15) is 0 Å². The summed E-state index contributed by atoms with van der Waals surface area (Å²) >= 11 is 0. The molecular formula is C32H70N4O. The molecule has 0 spiro atoms. The summed E-state index contributed by atoms with van der Waals surface area (Å²) in [6.07, 6.45) is 6.69. The van der Waals surface area contributed by atoms with Crippen molar-refractivity contribution >= 4 is 0 Å². The van der Waals surface area contributed by atoms with E-state index in [-0.39, 0.29) is 0 Å². The van der Waals surface area contributed by atoms with E-state index in [1.807, 2.05) is 0 Å². The van der Waals surface area contributed by atoms with Crippen LogP contribution >= 0.6 is 0 Å². The van der Waals surface area contributed by atoms with Gasteiger partial charge in [-0.15, -0.1) is 0 Å². The molecule has 0 bridgehead atoms. The van der Waals surface area contributed by atoms with Gasteiger partial charge in [0.25, 0.3) is 0 Å². The molecule has 37 heavy (non-hydrogen) atoms. The van der Waals surface area contributed by atoms with E-state index in [0.29, 0.717) is 12.1 Å². The first-order valence-corrected chi connectivity index (χ1v) is 16.1. The van der Waals surface area contributed by atoms with Crippen LogP contribution in [-0.2, 0) is 4.74 Å². The molecule has 0 atom stereocenters. The molecule has 0 aliphatic carbocycles. The molecule has 2 aliphatic heterocycles. The fourth-order valence-electron chi connectivity index (χ4n) is 5.27. The van der Waals surface area contributed by atoms with Gasteiger partial charge in [0.2, 0.25) is 0 Å². The lowest BCUT2D eigenvalue weighted by Gasteiger charge is -2.35.